The molecule has 35 heavy (non-hydrogen) atoms. The Morgan fingerprint density at radius 1 is 1.14 bits per heavy atom. The molecular formula is C28H30ClN3O2S. The van der Waals surface area contributed by atoms with Gasteiger partial charge in [0.15, 0.2) is 5.16 Å². The van der Waals surface area contributed by atoms with Gasteiger partial charge in [0.1, 0.15) is 0 Å². The summed E-state index contributed by atoms with van der Waals surface area (Å²) in [6, 6.07) is 13.8. The zero-order chi connectivity index (χ0) is 24.6. The number of halogens is 1. The van der Waals surface area contributed by atoms with Crippen molar-refractivity contribution in [1.82, 2.24) is 9.55 Å². The van der Waals surface area contributed by atoms with Crippen molar-refractivity contribution < 1.29 is 4.79 Å². The Labute approximate surface area is 215 Å². The van der Waals surface area contributed by atoms with Crippen LogP contribution in [0.15, 0.2) is 52.4 Å². The normalized spacial score (nSPS) is 16.0. The highest BCUT2D eigenvalue weighted by Crippen LogP contribution is 2.48. The lowest BCUT2D eigenvalue weighted by atomic mass is 9.62. The molecule has 5 rings (SSSR count). The third kappa shape index (κ3) is 4.43. The Morgan fingerprint density at radius 2 is 1.91 bits per heavy atom. The van der Waals surface area contributed by atoms with E-state index in [9.17, 15) is 9.59 Å². The van der Waals surface area contributed by atoms with Gasteiger partial charge in [-0.2, -0.15) is 0 Å². The van der Waals surface area contributed by atoms with E-state index in [2.05, 4.69) is 23.5 Å². The van der Waals surface area contributed by atoms with Gasteiger partial charge in [-0.25, -0.2) is 4.98 Å². The molecule has 0 bridgehead atoms. The average molecular weight is 508 g/mol. The molecule has 1 amide bonds. The van der Waals surface area contributed by atoms with E-state index in [0.717, 1.165) is 54.5 Å². The van der Waals surface area contributed by atoms with E-state index < -0.39 is 0 Å². The maximum atomic E-state index is 14.0. The molecular weight excluding hydrogens is 478 g/mol. The fourth-order valence-corrected chi connectivity index (χ4v) is 6.70. The predicted octanol–water partition coefficient (Wildman–Crippen LogP) is 6.38. The Kier molecular flexibility index (Phi) is 6.78. The summed E-state index contributed by atoms with van der Waals surface area (Å²) >= 11 is 7.51. The summed E-state index contributed by atoms with van der Waals surface area (Å²) in [6.45, 7) is 4.37. The van der Waals surface area contributed by atoms with Crippen LogP contribution < -0.4 is 10.9 Å². The van der Waals surface area contributed by atoms with E-state index in [0.29, 0.717) is 22.4 Å². The molecule has 0 saturated heterocycles. The number of anilines is 1. The number of carbonyl (C=O) groups excluding carboxylic acids is 1. The molecule has 1 fully saturated rings. The smallest absolute Gasteiger partial charge is 0.258 e. The molecule has 7 heteroatoms. The standard InChI is InChI=1S/C28H30ClN3O2S/c1-3-32-26(34)24-25(20-11-6-5-10-19(20)16-28(24)14-7-4-8-15-28)31-27(32)35-17-23(33)30-22-13-9-12-21(29)18(22)2/h5-6,9-13H,3-4,7-8,14-17H2,1-2H3,(H,30,33). The highest BCUT2D eigenvalue weighted by molar-refractivity contribution is 7.99. The van der Waals surface area contributed by atoms with Crippen LogP contribution in [0.5, 0.6) is 0 Å². The number of carbonyl (C=O) groups is 1. The van der Waals surface area contributed by atoms with E-state index in [1.54, 1.807) is 10.6 Å². The van der Waals surface area contributed by atoms with Gasteiger partial charge in [-0.3, -0.25) is 14.2 Å². The number of fused-ring (bicyclic) bond motifs is 4. The summed E-state index contributed by atoms with van der Waals surface area (Å²) in [5, 5.41) is 4.15. The van der Waals surface area contributed by atoms with Crippen molar-refractivity contribution in [1.29, 1.82) is 0 Å². The van der Waals surface area contributed by atoms with Gasteiger partial charge in [-0.15, -0.1) is 0 Å². The summed E-state index contributed by atoms with van der Waals surface area (Å²) < 4.78 is 1.76. The Bertz CT molecular complexity index is 1340. The summed E-state index contributed by atoms with van der Waals surface area (Å²) in [6.07, 6.45) is 6.49. The lowest BCUT2D eigenvalue weighted by Gasteiger charge is -2.42. The summed E-state index contributed by atoms with van der Waals surface area (Å²) in [4.78, 5) is 31.8. The Balaban J connectivity index is 1.50. The summed E-state index contributed by atoms with van der Waals surface area (Å²) in [7, 11) is 0. The highest BCUT2D eigenvalue weighted by atomic mass is 35.5. The number of rotatable bonds is 5. The van der Waals surface area contributed by atoms with Gasteiger partial charge < -0.3 is 5.32 Å². The topological polar surface area (TPSA) is 64.0 Å². The number of hydrogen-bond donors (Lipinski definition) is 1. The predicted molar refractivity (Wildman–Crippen MR) is 144 cm³/mol. The number of nitrogens with zero attached hydrogens (tertiary/aromatic N) is 2. The van der Waals surface area contributed by atoms with Crippen LogP contribution in [-0.2, 0) is 23.2 Å². The first-order valence-electron chi connectivity index (χ1n) is 12.3. The molecule has 2 aliphatic carbocycles. The zero-order valence-electron chi connectivity index (χ0n) is 20.2. The Hall–Kier alpha value is -2.57. The molecule has 3 aromatic rings. The molecule has 182 valence electrons. The number of nitrogens with one attached hydrogen (secondary N) is 1. The molecule has 0 unspecified atom stereocenters. The van der Waals surface area contributed by atoms with Crippen molar-refractivity contribution in [2.75, 3.05) is 11.1 Å². The first-order valence-corrected chi connectivity index (χ1v) is 13.7. The number of amides is 1. The summed E-state index contributed by atoms with van der Waals surface area (Å²) in [5.41, 5.74) is 5.49. The molecule has 2 aromatic carbocycles. The van der Waals surface area contributed by atoms with Crippen LogP contribution in [0.1, 0.15) is 55.7 Å². The lowest BCUT2D eigenvalue weighted by molar-refractivity contribution is -0.113. The first kappa shape index (κ1) is 24.1. The van der Waals surface area contributed by atoms with Crippen LogP contribution in [0, 0.1) is 6.92 Å². The molecule has 0 atom stereocenters. The third-order valence-corrected chi connectivity index (χ3v) is 8.85. The molecule has 1 aromatic heterocycles. The molecule has 5 nitrogen and oxygen atoms in total. The van der Waals surface area contributed by atoms with E-state index in [-0.39, 0.29) is 22.6 Å². The zero-order valence-corrected chi connectivity index (χ0v) is 21.8. The van der Waals surface area contributed by atoms with E-state index in [1.807, 2.05) is 32.0 Å². The molecule has 1 N–H and O–H groups in total. The lowest BCUT2D eigenvalue weighted by Crippen LogP contribution is -2.43. The van der Waals surface area contributed by atoms with E-state index >= 15 is 0 Å². The third-order valence-electron chi connectivity index (χ3n) is 7.47. The quantitative estimate of drug-likeness (QED) is 0.321. The molecule has 1 saturated carbocycles. The van der Waals surface area contributed by atoms with Gasteiger partial charge in [0.2, 0.25) is 5.91 Å². The highest BCUT2D eigenvalue weighted by Gasteiger charge is 2.43. The number of thioether (sulfide) groups is 1. The van der Waals surface area contributed by atoms with Crippen LogP contribution in [0.3, 0.4) is 0 Å². The van der Waals surface area contributed by atoms with E-state index in [1.165, 1.54) is 23.7 Å². The second-order valence-electron chi connectivity index (χ2n) is 9.59. The molecule has 1 spiro atoms. The van der Waals surface area contributed by atoms with Gasteiger partial charge in [-0.1, -0.05) is 73.0 Å². The Morgan fingerprint density at radius 3 is 2.69 bits per heavy atom. The van der Waals surface area contributed by atoms with Crippen LogP contribution in [0.4, 0.5) is 5.69 Å². The number of hydrogen-bond acceptors (Lipinski definition) is 4. The molecule has 0 aliphatic heterocycles. The fourth-order valence-electron chi connectivity index (χ4n) is 5.67. The number of aromatic nitrogens is 2. The van der Waals surface area contributed by atoms with Crippen molar-refractivity contribution in [3.63, 3.8) is 0 Å². The van der Waals surface area contributed by atoms with Gasteiger partial charge >= 0.3 is 0 Å². The van der Waals surface area contributed by atoms with Crippen molar-refractivity contribution in [2.45, 2.75) is 69.5 Å². The van der Waals surface area contributed by atoms with E-state index in [4.69, 9.17) is 16.6 Å². The van der Waals surface area contributed by atoms with Gasteiger partial charge in [0.25, 0.3) is 5.56 Å². The van der Waals surface area contributed by atoms with Gasteiger partial charge in [0.05, 0.1) is 17.0 Å². The van der Waals surface area contributed by atoms with Crippen LogP contribution in [0.25, 0.3) is 11.3 Å². The summed E-state index contributed by atoms with van der Waals surface area (Å²) in [5.74, 6) is 0.00314. The fraction of sp³-hybridized carbons (Fsp3) is 0.393. The minimum Gasteiger partial charge on any atom is -0.325 e. The minimum atomic E-state index is -0.154. The first-order chi connectivity index (χ1) is 16.9. The molecule has 0 radical (unpaired) electrons. The average Bonchev–Trinajstić information content (AvgIpc) is 2.86. The molecule has 1 heterocycles. The van der Waals surface area contributed by atoms with Crippen molar-refractivity contribution in [3.8, 4) is 11.3 Å². The van der Waals surface area contributed by atoms with Crippen LogP contribution in [-0.4, -0.2) is 21.2 Å². The maximum Gasteiger partial charge on any atom is 0.258 e. The second kappa shape index (κ2) is 9.82. The largest absolute Gasteiger partial charge is 0.325 e. The van der Waals surface area contributed by atoms with Gasteiger partial charge in [-0.05, 0) is 56.4 Å². The van der Waals surface area contributed by atoms with Gasteiger partial charge in [0, 0.05) is 28.2 Å². The SMILES string of the molecule is CCn1c(SCC(=O)Nc2cccc(Cl)c2C)nc2c(c1=O)C1(CCCCC1)Cc1ccccc1-2. The number of benzene rings is 2. The minimum absolute atomic E-state index is 0.0579. The van der Waals surface area contributed by atoms with Crippen LogP contribution >= 0.6 is 23.4 Å². The monoisotopic (exact) mass is 507 g/mol. The maximum absolute atomic E-state index is 14.0. The van der Waals surface area contributed by atoms with Crippen molar-refractivity contribution in [2.24, 2.45) is 0 Å². The van der Waals surface area contributed by atoms with Crippen LogP contribution in [0.2, 0.25) is 5.02 Å². The molecule has 2 aliphatic rings. The van der Waals surface area contributed by atoms with Crippen molar-refractivity contribution >= 4 is 35.0 Å². The van der Waals surface area contributed by atoms with Crippen molar-refractivity contribution in [3.05, 3.63) is 74.5 Å². The second-order valence-corrected chi connectivity index (χ2v) is 10.9.